The molecular weight excluding hydrogens is 322 g/mol. The van der Waals surface area contributed by atoms with Gasteiger partial charge in [0.05, 0.1) is 12.3 Å². The summed E-state index contributed by atoms with van der Waals surface area (Å²) in [5, 5.41) is 15.2. The molecule has 122 valence electrons. The molecule has 3 aromatic rings. The number of para-hydroxylation sites is 1. The number of hydrogen-bond acceptors (Lipinski definition) is 5. The second kappa shape index (κ2) is 7.74. The highest BCUT2D eigenvalue weighted by Gasteiger charge is 2.11. The van der Waals surface area contributed by atoms with Gasteiger partial charge < -0.3 is 5.32 Å². The third kappa shape index (κ3) is 4.20. The zero-order valence-corrected chi connectivity index (χ0v) is 14.0. The zero-order valence-electron chi connectivity index (χ0n) is 13.2. The molecule has 0 saturated heterocycles. The van der Waals surface area contributed by atoms with Gasteiger partial charge in [0, 0.05) is 5.69 Å². The van der Waals surface area contributed by atoms with Crippen molar-refractivity contribution in [3.63, 3.8) is 0 Å². The minimum absolute atomic E-state index is 0.0800. The quantitative estimate of drug-likeness (QED) is 0.699. The third-order valence-electron chi connectivity index (χ3n) is 3.43. The molecule has 1 heterocycles. The van der Waals surface area contributed by atoms with Gasteiger partial charge in [0.1, 0.15) is 0 Å². The van der Waals surface area contributed by atoms with Gasteiger partial charge in [-0.25, -0.2) is 4.68 Å². The molecule has 0 fully saturated rings. The lowest BCUT2D eigenvalue weighted by Crippen LogP contribution is -2.15. The summed E-state index contributed by atoms with van der Waals surface area (Å²) in [6.45, 7) is 2.54. The normalized spacial score (nSPS) is 10.5. The number of carbonyl (C=O) groups excluding carboxylic acids is 1. The highest BCUT2D eigenvalue weighted by molar-refractivity contribution is 7.99. The van der Waals surface area contributed by atoms with Gasteiger partial charge >= 0.3 is 0 Å². The number of carbonyl (C=O) groups is 1. The lowest BCUT2D eigenvalue weighted by molar-refractivity contribution is -0.113. The summed E-state index contributed by atoms with van der Waals surface area (Å²) in [4.78, 5) is 12.1. The van der Waals surface area contributed by atoms with Gasteiger partial charge in [-0.2, -0.15) is 0 Å². The Balaban J connectivity index is 1.58. The van der Waals surface area contributed by atoms with Gasteiger partial charge in [0.25, 0.3) is 0 Å². The fourth-order valence-corrected chi connectivity index (χ4v) is 2.86. The minimum atomic E-state index is -0.0800. The SMILES string of the molecule is Cc1ccccc1NC(=O)CSc1nnnn1Cc1ccccc1. The molecule has 6 nitrogen and oxygen atoms in total. The molecular formula is C17H17N5OS. The summed E-state index contributed by atoms with van der Waals surface area (Å²) >= 11 is 1.32. The lowest BCUT2D eigenvalue weighted by Gasteiger charge is -2.08. The van der Waals surface area contributed by atoms with E-state index in [9.17, 15) is 4.79 Å². The van der Waals surface area contributed by atoms with Gasteiger partial charge in [0.2, 0.25) is 11.1 Å². The van der Waals surface area contributed by atoms with Crippen molar-refractivity contribution in [1.82, 2.24) is 20.2 Å². The van der Waals surface area contributed by atoms with E-state index in [4.69, 9.17) is 0 Å². The van der Waals surface area contributed by atoms with Crippen molar-refractivity contribution in [2.75, 3.05) is 11.1 Å². The summed E-state index contributed by atoms with van der Waals surface area (Å²) in [6.07, 6.45) is 0. The lowest BCUT2D eigenvalue weighted by atomic mass is 10.2. The fourth-order valence-electron chi connectivity index (χ4n) is 2.18. The van der Waals surface area contributed by atoms with Crippen LogP contribution < -0.4 is 5.32 Å². The molecule has 0 bridgehead atoms. The highest BCUT2D eigenvalue weighted by Crippen LogP contribution is 2.17. The molecule has 1 aromatic heterocycles. The first-order chi connectivity index (χ1) is 11.7. The van der Waals surface area contributed by atoms with Crippen LogP contribution in [0.15, 0.2) is 59.8 Å². The minimum Gasteiger partial charge on any atom is -0.325 e. The summed E-state index contributed by atoms with van der Waals surface area (Å²) < 4.78 is 1.70. The number of anilines is 1. The number of rotatable bonds is 6. The zero-order chi connectivity index (χ0) is 16.8. The highest BCUT2D eigenvalue weighted by atomic mass is 32.2. The first-order valence-corrected chi connectivity index (χ1v) is 8.49. The van der Waals surface area contributed by atoms with E-state index < -0.39 is 0 Å². The number of nitrogens with one attached hydrogen (secondary N) is 1. The van der Waals surface area contributed by atoms with Crippen LogP contribution in [-0.2, 0) is 11.3 Å². The van der Waals surface area contributed by atoms with Crippen molar-refractivity contribution in [1.29, 1.82) is 0 Å². The average Bonchev–Trinajstić information content (AvgIpc) is 3.03. The van der Waals surface area contributed by atoms with Crippen molar-refractivity contribution < 1.29 is 4.79 Å². The molecule has 7 heteroatoms. The Morgan fingerprint density at radius 3 is 2.67 bits per heavy atom. The maximum absolute atomic E-state index is 12.1. The van der Waals surface area contributed by atoms with E-state index in [-0.39, 0.29) is 11.7 Å². The van der Waals surface area contributed by atoms with Gasteiger partial charge in [-0.05, 0) is 34.5 Å². The smallest absolute Gasteiger partial charge is 0.234 e. The van der Waals surface area contributed by atoms with Crippen molar-refractivity contribution >= 4 is 23.4 Å². The van der Waals surface area contributed by atoms with Gasteiger partial charge in [-0.3, -0.25) is 4.79 Å². The standard InChI is InChI=1S/C17H17N5OS/c1-13-7-5-6-10-15(13)18-16(23)12-24-17-19-20-21-22(17)11-14-8-3-2-4-9-14/h2-10H,11-12H2,1H3,(H,18,23). The van der Waals surface area contributed by atoms with Gasteiger partial charge in [-0.1, -0.05) is 60.3 Å². The Kier molecular flexibility index (Phi) is 5.22. The number of thioether (sulfide) groups is 1. The Hall–Kier alpha value is -2.67. The number of hydrogen-bond donors (Lipinski definition) is 1. The van der Waals surface area contributed by atoms with Crippen molar-refractivity contribution in [3.8, 4) is 0 Å². The number of tetrazole rings is 1. The molecule has 0 atom stereocenters. The molecule has 1 N–H and O–H groups in total. The first-order valence-electron chi connectivity index (χ1n) is 7.51. The molecule has 0 unspecified atom stereocenters. The van der Waals surface area contributed by atoms with Crippen molar-refractivity contribution in [2.24, 2.45) is 0 Å². The van der Waals surface area contributed by atoms with E-state index >= 15 is 0 Å². The van der Waals surface area contributed by atoms with Crippen LogP contribution in [0.25, 0.3) is 0 Å². The van der Waals surface area contributed by atoms with E-state index in [0.29, 0.717) is 11.7 Å². The molecule has 1 amide bonds. The largest absolute Gasteiger partial charge is 0.325 e. The summed E-state index contributed by atoms with van der Waals surface area (Å²) in [7, 11) is 0. The molecule has 24 heavy (non-hydrogen) atoms. The van der Waals surface area contributed by atoms with Gasteiger partial charge in [0.15, 0.2) is 0 Å². The molecule has 0 radical (unpaired) electrons. The molecule has 2 aromatic carbocycles. The van der Waals surface area contributed by atoms with E-state index in [0.717, 1.165) is 16.8 Å². The fraction of sp³-hybridized carbons (Fsp3) is 0.176. The number of aryl methyl sites for hydroxylation is 1. The van der Waals surface area contributed by atoms with Crippen LogP contribution in [0.5, 0.6) is 0 Å². The molecule has 3 rings (SSSR count). The van der Waals surface area contributed by atoms with Crippen LogP contribution in [0, 0.1) is 6.92 Å². The van der Waals surface area contributed by atoms with Crippen molar-refractivity contribution in [3.05, 3.63) is 65.7 Å². The molecule has 0 spiro atoms. The second-order valence-corrected chi connectivity index (χ2v) is 6.20. The second-order valence-electron chi connectivity index (χ2n) is 5.26. The maximum atomic E-state index is 12.1. The molecule has 0 aliphatic rings. The number of nitrogens with zero attached hydrogens (tertiary/aromatic N) is 4. The first kappa shape index (κ1) is 16.2. The van der Waals surface area contributed by atoms with Crippen LogP contribution in [0.4, 0.5) is 5.69 Å². The van der Waals surface area contributed by atoms with E-state index in [2.05, 4.69) is 20.8 Å². The third-order valence-corrected chi connectivity index (χ3v) is 4.38. The average molecular weight is 339 g/mol. The van der Waals surface area contributed by atoms with Crippen LogP contribution in [0.1, 0.15) is 11.1 Å². The number of aromatic nitrogens is 4. The molecule has 0 aliphatic heterocycles. The summed E-state index contributed by atoms with van der Waals surface area (Å²) in [5.41, 5.74) is 2.97. The van der Waals surface area contributed by atoms with Crippen LogP contribution in [0.3, 0.4) is 0 Å². The predicted octanol–water partition coefficient (Wildman–Crippen LogP) is 2.76. The van der Waals surface area contributed by atoms with Gasteiger partial charge in [-0.15, -0.1) is 5.10 Å². The van der Waals surface area contributed by atoms with E-state index in [1.165, 1.54) is 11.8 Å². The Bertz CT molecular complexity index is 819. The van der Waals surface area contributed by atoms with Crippen molar-refractivity contribution in [2.45, 2.75) is 18.6 Å². The predicted molar refractivity (Wildman–Crippen MR) is 93.9 cm³/mol. The van der Waals surface area contributed by atoms with Crippen LogP contribution in [0.2, 0.25) is 0 Å². The summed E-state index contributed by atoms with van der Waals surface area (Å²) in [5.74, 6) is 0.173. The number of benzene rings is 2. The molecule has 0 aliphatic carbocycles. The number of amides is 1. The summed E-state index contributed by atoms with van der Waals surface area (Å²) in [6, 6.07) is 17.6. The Morgan fingerprint density at radius 1 is 1.12 bits per heavy atom. The Labute approximate surface area is 144 Å². The van der Waals surface area contributed by atoms with E-state index in [1.54, 1.807) is 4.68 Å². The maximum Gasteiger partial charge on any atom is 0.234 e. The topological polar surface area (TPSA) is 72.7 Å². The van der Waals surface area contributed by atoms with Crippen LogP contribution in [-0.4, -0.2) is 31.9 Å². The van der Waals surface area contributed by atoms with Crippen LogP contribution >= 0.6 is 11.8 Å². The Morgan fingerprint density at radius 2 is 1.88 bits per heavy atom. The molecule has 0 saturated carbocycles. The van der Waals surface area contributed by atoms with E-state index in [1.807, 2.05) is 61.5 Å². The monoisotopic (exact) mass is 339 g/mol.